The van der Waals surface area contributed by atoms with Crippen molar-refractivity contribution in [2.45, 2.75) is 38.3 Å². The van der Waals surface area contributed by atoms with Crippen molar-refractivity contribution in [3.05, 3.63) is 35.6 Å². The summed E-state index contributed by atoms with van der Waals surface area (Å²) in [6.07, 6.45) is 3.74. The molecule has 0 radical (unpaired) electrons. The van der Waals surface area contributed by atoms with Crippen LogP contribution in [-0.4, -0.2) is 41.2 Å². The molecule has 0 spiro atoms. The molecule has 1 saturated heterocycles. The van der Waals surface area contributed by atoms with E-state index >= 15 is 0 Å². The second-order valence-corrected chi connectivity index (χ2v) is 6.41. The largest absolute Gasteiger partial charge is 0.336 e. The molecule has 2 atom stereocenters. The molecule has 2 unspecified atom stereocenters. The summed E-state index contributed by atoms with van der Waals surface area (Å²) in [5.74, 6) is 0.424. The van der Waals surface area contributed by atoms with Crippen molar-refractivity contribution in [3.8, 4) is 0 Å². The Hall–Kier alpha value is -1.91. The molecule has 1 aliphatic carbocycles. The smallest absolute Gasteiger partial charge is 0.223 e. The fraction of sp³-hybridized carbons (Fsp3) is 0.529. The number of hydrogen-bond acceptors (Lipinski definition) is 2. The Morgan fingerprint density at radius 3 is 2.55 bits per heavy atom. The zero-order valence-corrected chi connectivity index (χ0v) is 12.7. The Labute approximate surface area is 129 Å². The maximum absolute atomic E-state index is 13.1. The van der Waals surface area contributed by atoms with Crippen LogP contribution in [0.25, 0.3) is 0 Å². The van der Waals surface area contributed by atoms with Crippen LogP contribution in [-0.2, 0) is 9.59 Å². The van der Waals surface area contributed by atoms with Gasteiger partial charge < -0.3 is 9.80 Å². The Kier molecular flexibility index (Phi) is 4.14. The van der Waals surface area contributed by atoms with Gasteiger partial charge in [-0.1, -0.05) is 12.1 Å². The number of amides is 2. The van der Waals surface area contributed by atoms with Gasteiger partial charge in [-0.15, -0.1) is 0 Å². The molecule has 2 fully saturated rings. The van der Waals surface area contributed by atoms with Crippen molar-refractivity contribution in [1.29, 1.82) is 0 Å². The number of carbonyl (C=O) groups excluding carboxylic acids is 2. The summed E-state index contributed by atoms with van der Waals surface area (Å²) in [4.78, 5) is 27.4. The van der Waals surface area contributed by atoms with Gasteiger partial charge in [-0.05, 0) is 43.4 Å². The SMILES string of the molecule is CC1CN(C=O)C(c2ccc(F)cc2)CN1C(=O)CC1CC1. The molecule has 0 aromatic heterocycles. The summed E-state index contributed by atoms with van der Waals surface area (Å²) in [5, 5.41) is 0. The Morgan fingerprint density at radius 2 is 1.95 bits per heavy atom. The lowest BCUT2D eigenvalue weighted by atomic mass is 9.99. The average molecular weight is 304 g/mol. The highest BCUT2D eigenvalue weighted by Gasteiger charge is 2.36. The summed E-state index contributed by atoms with van der Waals surface area (Å²) >= 11 is 0. The van der Waals surface area contributed by atoms with Crippen molar-refractivity contribution in [1.82, 2.24) is 9.80 Å². The predicted molar refractivity (Wildman–Crippen MR) is 80.4 cm³/mol. The molecule has 5 heteroatoms. The molecular weight excluding hydrogens is 283 g/mol. The van der Waals surface area contributed by atoms with E-state index in [1.165, 1.54) is 12.1 Å². The van der Waals surface area contributed by atoms with Crippen LogP contribution in [0.2, 0.25) is 0 Å². The van der Waals surface area contributed by atoms with E-state index in [1.54, 1.807) is 17.0 Å². The van der Waals surface area contributed by atoms with Gasteiger partial charge in [0.1, 0.15) is 5.82 Å². The predicted octanol–water partition coefficient (Wildman–Crippen LogP) is 2.36. The lowest BCUT2D eigenvalue weighted by Crippen LogP contribution is -2.54. The van der Waals surface area contributed by atoms with E-state index in [2.05, 4.69) is 0 Å². The van der Waals surface area contributed by atoms with Gasteiger partial charge in [-0.2, -0.15) is 0 Å². The van der Waals surface area contributed by atoms with Crippen molar-refractivity contribution in [2.24, 2.45) is 5.92 Å². The Morgan fingerprint density at radius 1 is 1.27 bits per heavy atom. The van der Waals surface area contributed by atoms with Crippen molar-refractivity contribution < 1.29 is 14.0 Å². The van der Waals surface area contributed by atoms with Crippen LogP contribution in [0.3, 0.4) is 0 Å². The standard InChI is InChI=1S/C17H21FN2O2/c1-12-9-19(11-21)16(14-4-6-15(18)7-5-14)10-20(12)17(22)8-13-2-3-13/h4-7,11-13,16H,2-3,8-10H2,1H3. The van der Waals surface area contributed by atoms with E-state index in [0.717, 1.165) is 24.8 Å². The van der Waals surface area contributed by atoms with Gasteiger partial charge in [0.05, 0.1) is 6.04 Å². The van der Waals surface area contributed by atoms with E-state index < -0.39 is 0 Å². The first-order valence-electron chi connectivity index (χ1n) is 7.84. The highest BCUT2D eigenvalue weighted by Crippen LogP contribution is 2.34. The molecule has 0 N–H and O–H groups in total. The minimum atomic E-state index is -0.299. The van der Waals surface area contributed by atoms with Gasteiger partial charge >= 0.3 is 0 Å². The average Bonchev–Trinajstić information content (AvgIpc) is 3.31. The van der Waals surface area contributed by atoms with Gasteiger partial charge in [0, 0.05) is 25.6 Å². The van der Waals surface area contributed by atoms with Gasteiger partial charge in [0.15, 0.2) is 0 Å². The fourth-order valence-electron chi connectivity index (χ4n) is 3.13. The first-order chi connectivity index (χ1) is 10.6. The molecule has 1 aromatic carbocycles. The molecular formula is C17H21FN2O2. The molecule has 3 rings (SSSR count). The summed E-state index contributed by atoms with van der Waals surface area (Å²) in [5.41, 5.74) is 0.865. The van der Waals surface area contributed by atoms with E-state index in [4.69, 9.17) is 0 Å². The molecule has 0 bridgehead atoms. The monoisotopic (exact) mass is 304 g/mol. The fourth-order valence-corrected chi connectivity index (χ4v) is 3.13. The van der Waals surface area contributed by atoms with E-state index in [1.807, 2.05) is 11.8 Å². The van der Waals surface area contributed by atoms with Crippen LogP contribution in [0.15, 0.2) is 24.3 Å². The Bertz CT molecular complexity index is 556. The van der Waals surface area contributed by atoms with E-state index in [0.29, 0.717) is 25.4 Å². The molecule has 2 amide bonds. The minimum Gasteiger partial charge on any atom is -0.336 e. The third kappa shape index (κ3) is 3.13. The minimum absolute atomic E-state index is 0.0214. The normalized spacial score (nSPS) is 25.2. The van der Waals surface area contributed by atoms with Crippen LogP contribution in [0.4, 0.5) is 4.39 Å². The highest BCUT2D eigenvalue weighted by atomic mass is 19.1. The molecule has 1 saturated carbocycles. The molecule has 1 heterocycles. The van der Waals surface area contributed by atoms with Crippen LogP contribution in [0.1, 0.15) is 37.8 Å². The molecule has 1 aliphatic heterocycles. The third-order valence-corrected chi connectivity index (χ3v) is 4.65. The molecule has 118 valence electrons. The molecule has 22 heavy (non-hydrogen) atoms. The molecule has 1 aromatic rings. The van der Waals surface area contributed by atoms with Gasteiger partial charge in [0.2, 0.25) is 12.3 Å². The second kappa shape index (κ2) is 6.07. The van der Waals surface area contributed by atoms with Crippen LogP contribution < -0.4 is 0 Å². The quantitative estimate of drug-likeness (QED) is 0.801. The molecule has 2 aliphatic rings. The summed E-state index contributed by atoms with van der Waals surface area (Å²) < 4.78 is 13.1. The van der Waals surface area contributed by atoms with Crippen LogP contribution in [0, 0.1) is 11.7 Å². The van der Waals surface area contributed by atoms with Gasteiger partial charge in [0.25, 0.3) is 0 Å². The zero-order valence-electron chi connectivity index (χ0n) is 12.7. The molecule has 4 nitrogen and oxygen atoms in total. The van der Waals surface area contributed by atoms with Gasteiger partial charge in [-0.3, -0.25) is 9.59 Å². The topological polar surface area (TPSA) is 40.6 Å². The Balaban J connectivity index is 1.78. The first kappa shape index (κ1) is 15.0. The lowest BCUT2D eigenvalue weighted by molar-refractivity contribution is -0.141. The first-order valence-corrected chi connectivity index (χ1v) is 7.84. The van der Waals surface area contributed by atoms with E-state index in [-0.39, 0.29) is 23.8 Å². The maximum Gasteiger partial charge on any atom is 0.223 e. The number of rotatable bonds is 4. The van der Waals surface area contributed by atoms with Crippen LogP contribution >= 0.6 is 0 Å². The van der Waals surface area contributed by atoms with Gasteiger partial charge in [-0.25, -0.2) is 4.39 Å². The lowest BCUT2D eigenvalue weighted by Gasteiger charge is -2.44. The number of nitrogens with zero attached hydrogens (tertiary/aromatic N) is 2. The zero-order chi connectivity index (χ0) is 15.7. The number of halogens is 1. The summed E-state index contributed by atoms with van der Waals surface area (Å²) in [7, 11) is 0. The number of benzene rings is 1. The van der Waals surface area contributed by atoms with E-state index in [9.17, 15) is 14.0 Å². The number of piperazine rings is 1. The second-order valence-electron chi connectivity index (χ2n) is 6.41. The highest BCUT2D eigenvalue weighted by molar-refractivity contribution is 5.77. The van der Waals surface area contributed by atoms with Crippen molar-refractivity contribution in [2.75, 3.05) is 13.1 Å². The van der Waals surface area contributed by atoms with Crippen LogP contribution in [0.5, 0.6) is 0 Å². The number of hydrogen-bond donors (Lipinski definition) is 0. The van der Waals surface area contributed by atoms with Crippen molar-refractivity contribution in [3.63, 3.8) is 0 Å². The van der Waals surface area contributed by atoms with Crippen molar-refractivity contribution >= 4 is 12.3 Å². The summed E-state index contributed by atoms with van der Waals surface area (Å²) in [6, 6.07) is 6.00. The number of carbonyl (C=O) groups is 2. The third-order valence-electron chi connectivity index (χ3n) is 4.65. The maximum atomic E-state index is 13.1. The summed E-state index contributed by atoms with van der Waals surface area (Å²) in [6.45, 7) is 2.97.